The lowest BCUT2D eigenvalue weighted by Crippen LogP contribution is -2.14. The highest BCUT2D eigenvalue weighted by atomic mass is 79.9. The van der Waals surface area contributed by atoms with Gasteiger partial charge in [-0.2, -0.15) is 0 Å². The van der Waals surface area contributed by atoms with Gasteiger partial charge in [0.2, 0.25) is 0 Å². The van der Waals surface area contributed by atoms with Crippen LogP contribution in [0.3, 0.4) is 0 Å². The summed E-state index contributed by atoms with van der Waals surface area (Å²) < 4.78 is 27.3. The first-order valence-electron chi connectivity index (χ1n) is 5.08. The van der Waals surface area contributed by atoms with E-state index in [4.69, 9.17) is 17.3 Å². The topological polar surface area (TPSA) is 85.1 Å². The summed E-state index contributed by atoms with van der Waals surface area (Å²) in [7, 11) is -3.75. The maximum absolute atomic E-state index is 12.2. The molecule has 2 rings (SSSR count). The molecule has 0 atom stereocenters. The van der Waals surface area contributed by atoms with E-state index >= 15 is 0 Å². The highest BCUT2D eigenvalue weighted by Gasteiger charge is 2.18. The largest absolute Gasteiger partial charge is 0.399 e. The van der Waals surface area contributed by atoms with Crippen LogP contribution < -0.4 is 10.5 Å². The number of nitrogen functional groups attached to an aromatic ring is 1. The standard InChI is InChI=1S/C11H9BrClN3O2S/c12-9-2-1-7(14)5-10(9)19(17,18)16-8-3-4-15-11(13)6-8/h1-6H,14H2,(H,15,16). The number of pyridine rings is 1. The van der Waals surface area contributed by atoms with Gasteiger partial charge in [0, 0.05) is 16.4 Å². The van der Waals surface area contributed by atoms with Crippen molar-refractivity contribution in [3.05, 3.63) is 46.2 Å². The van der Waals surface area contributed by atoms with Crippen molar-refractivity contribution in [2.24, 2.45) is 0 Å². The first-order chi connectivity index (χ1) is 8.88. The van der Waals surface area contributed by atoms with E-state index in [1.165, 1.54) is 24.4 Å². The SMILES string of the molecule is Nc1ccc(Br)c(S(=O)(=O)Nc2ccnc(Cl)c2)c1. The molecule has 0 saturated heterocycles. The molecule has 0 radical (unpaired) electrons. The molecule has 8 heteroatoms. The molecule has 0 amide bonds. The summed E-state index contributed by atoms with van der Waals surface area (Å²) in [5.74, 6) is 0. The number of nitrogens with two attached hydrogens (primary N) is 1. The molecule has 1 aromatic heterocycles. The van der Waals surface area contributed by atoms with E-state index in [0.29, 0.717) is 15.8 Å². The Hall–Kier alpha value is -1.31. The number of rotatable bonds is 3. The Morgan fingerprint density at radius 3 is 2.68 bits per heavy atom. The molecule has 0 bridgehead atoms. The zero-order valence-corrected chi connectivity index (χ0v) is 12.6. The predicted octanol–water partition coefficient (Wildman–Crippen LogP) is 2.88. The molecule has 0 saturated carbocycles. The minimum absolute atomic E-state index is 0.0560. The number of hydrogen-bond acceptors (Lipinski definition) is 4. The van der Waals surface area contributed by atoms with Crippen LogP contribution in [0.2, 0.25) is 5.15 Å². The number of nitrogens with zero attached hydrogens (tertiary/aromatic N) is 1. The molecule has 5 nitrogen and oxygen atoms in total. The highest BCUT2D eigenvalue weighted by Crippen LogP contribution is 2.26. The van der Waals surface area contributed by atoms with E-state index in [0.717, 1.165) is 0 Å². The summed E-state index contributed by atoms with van der Waals surface area (Å²) in [4.78, 5) is 3.83. The Bertz CT molecular complexity index is 722. The monoisotopic (exact) mass is 361 g/mol. The lowest BCUT2D eigenvalue weighted by molar-refractivity contribution is 0.601. The van der Waals surface area contributed by atoms with Crippen molar-refractivity contribution < 1.29 is 8.42 Å². The number of aromatic nitrogens is 1. The zero-order chi connectivity index (χ0) is 14.0. The molecule has 1 heterocycles. The van der Waals surface area contributed by atoms with Gasteiger partial charge in [-0.25, -0.2) is 13.4 Å². The molecule has 0 aliphatic rings. The van der Waals surface area contributed by atoms with Crippen molar-refractivity contribution >= 4 is 48.9 Å². The van der Waals surface area contributed by atoms with E-state index in [-0.39, 0.29) is 10.0 Å². The van der Waals surface area contributed by atoms with Gasteiger partial charge in [0.05, 0.1) is 5.69 Å². The smallest absolute Gasteiger partial charge is 0.263 e. The van der Waals surface area contributed by atoms with E-state index in [1.54, 1.807) is 12.1 Å². The van der Waals surface area contributed by atoms with E-state index < -0.39 is 10.0 Å². The first kappa shape index (κ1) is 14.1. The number of nitrogens with one attached hydrogen (secondary N) is 1. The van der Waals surface area contributed by atoms with Crippen LogP contribution in [0.5, 0.6) is 0 Å². The summed E-state index contributed by atoms with van der Waals surface area (Å²) in [6, 6.07) is 7.47. The van der Waals surface area contributed by atoms with Crippen LogP contribution in [0, 0.1) is 0 Å². The zero-order valence-electron chi connectivity index (χ0n) is 9.47. The van der Waals surface area contributed by atoms with Gasteiger partial charge in [0.1, 0.15) is 10.0 Å². The fourth-order valence-electron chi connectivity index (χ4n) is 1.40. The molecule has 2 aromatic rings. The van der Waals surface area contributed by atoms with Crippen molar-refractivity contribution in [3.63, 3.8) is 0 Å². The quantitative estimate of drug-likeness (QED) is 0.649. The number of sulfonamides is 1. The molecule has 19 heavy (non-hydrogen) atoms. The van der Waals surface area contributed by atoms with Gasteiger partial charge in [0.15, 0.2) is 0 Å². The Balaban J connectivity index is 2.40. The number of halogens is 2. The van der Waals surface area contributed by atoms with Crippen LogP contribution >= 0.6 is 27.5 Å². The lowest BCUT2D eigenvalue weighted by Gasteiger charge is -2.10. The van der Waals surface area contributed by atoms with Gasteiger partial charge in [-0.1, -0.05) is 11.6 Å². The third-order valence-electron chi connectivity index (χ3n) is 2.22. The Labute approximate surface area is 124 Å². The Morgan fingerprint density at radius 2 is 2.00 bits per heavy atom. The average Bonchev–Trinajstić information content (AvgIpc) is 2.31. The second kappa shape index (κ2) is 5.36. The molecule has 3 N–H and O–H groups in total. The third kappa shape index (κ3) is 3.37. The molecule has 100 valence electrons. The van der Waals surface area contributed by atoms with Gasteiger partial charge >= 0.3 is 0 Å². The maximum atomic E-state index is 12.2. The number of benzene rings is 1. The van der Waals surface area contributed by atoms with E-state index in [1.807, 2.05) is 0 Å². The van der Waals surface area contributed by atoms with Gasteiger partial charge < -0.3 is 5.73 Å². The molecule has 0 aliphatic heterocycles. The minimum Gasteiger partial charge on any atom is -0.399 e. The normalized spacial score (nSPS) is 11.3. The van der Waals surface area contributed by atoms with Crippen LogP contribution in [-0.2, 0) is 10.0 Å². The summed E-state index contributed by atoms with van der Waals surface area (Å²) in [6.07, 6.45) is 1.41. The molecule has 1 aromatic carbocycles. The molecule has 0 aliphatic carbocycles. The summed E-state index contributed by atoms with van der Waals surface area (Å²) in [6.45, 7) is 0. The van der Waals surface area contributed by atoms with Crippen molar-refractivity contribution in [1.82, 2.24) is 4.98 Å². The third-order valence-corrected chi connectivity index (χ3v) is 4.81. The van der Waals surface area contributed by atoms with Crippen molar-refractivity contribution in [1.29, 1.82) is 0 Å². The molecule has 0 spiro atoms. The predicted molar refractivity (Wildman–Crippen MR) is 78.6 cm³/mol. The molecule has 0 unspecified atom stereocenters. The van der Waals surface area contributed by atoms with Gasteiger partial charge in [-0.15, -0.1) is 0 Å². The van der Waals surface area contributed by atoms with Crippen LogP contribution in [0.15, 0.2) is 45.9 Å². The van der Waals surface area contributed by atoms with Crippen molar-refractivity contribution in [2.75, 3.05) is 10.5 Å². The first-order valence-corrected chi connectivity index (χ1v) is 7.73. The van der Waals surface area contributed by atoms with Crippen LogP contribution in [-0.4, -0.2) is 13.4 Å². The van der Waals surface area contributed by atoms with Crippen LogP contribution in [0.4, 0.5) is 11.4 Å². The highest BCUT2D eigenvalue weighted by molar-refractivity contribution is 9.10. The molecular formula is C11H9BrClN3O2S. The number of hydrogen-bond donors (Lipinski definition) is 2. The van der Waals surface area contributed by atoms with Gasteiger partial charge in [0.25, 0.3) is 10.0 Å². The fourth-order valence-corrected chi connectivity index (χ4v) is 3.63. The van der Waals surface area contributed by atoms with Crippen LogP contribution in [0.25, 0.3) is 0 Å². The fraction of sp³-hybridized carbons (Fsp3) is 0. The summed E-state index contributed by atoms with van der Waals surface area (Å²) >= 11 is 8.88. The summed E-state index contributed by atoms with van der Waals surface area (Å²) in [5.41, 5.74) is 6.28. The maximum Gasteiger partial charge on any atom is 0.263 e. The van der Waals surface area contributed by atoms with E-state index in [9.17, 15) is 8.42 Å². The van der Waals surface area contributed by atoms with Crippen molar-refractivity contribution in [3.8, 4) is 0 Å². The average molecular weight is 363 g/mol. The Morgan fingerprint density at radius 1 is 1.26 bits per heavy atom. The van der Waals surface area contributed by atoms with Crippen molar-refractivity contribution in [2.45, 2.75) is 4.90 Å². The van der Waals surface area contributed by atoms with Gasteiger partial charge in [-0.05, 0) is 46.3 Å². The molecule has 0 fully saturated rings. The van der Waals surface area contributed by atoms with Crippen LogP contribution in [0.1, 0.15) is 0 Å². The van der Waals surface area contributed by atoms with Gasteiger partial charge in [-0.3, -0.25) is 4.72 Å². The second-order valence-corrected chi connectivity index (χ2v) is 6.56. The molecular weight excluding hydrogens is 354 g/mol. The second-order valence-electron chi connectivity index (χ2n) is 3.66. The summed E-state index contributed by atoms with van der Waals surface area (Å²) in [5, 5.41) is 0.201. The minimum atomic E-state index is -3.75. The number of anilines is 2. The Kier molecular flexibility index (Phi) is 3.98. The lowest BCUT2D eigenvalue weighted by atomic mass is 10.3. The van der Waals surface area contributed by atoms with E-state index in [2.05, 4.69) is 25.6 Å².